The minimum atomic E-state index is -0.484. The standard InChI is InChI=1S/C13H12BrN3O/c14-8-4-5-12(11(6-8)13(16)18)17-10-3-1-2-9(15)7-10/h1-7,17H,15H2,(H2,16,18). The molecule has 0 aromatic heterocycles. The second-order valence-corrected chi connectivity index (χ2v) is 4.72. The first-order valence-corrected chi connectivity index (χ1v) is 6.07. The smallest absolute Gasteiger partial charge is 0.250 e. The van der Waals surface area contributed by atoms with Crippen molar-refractivity contribution in [1.82, 2.24) is 0 Å². The molecule has 2 aromatic rings. The molecule has 0 saturated heterocycles. The second-order valence-electron chi connectivity index (χ2n) is 3.80. The molecule has 4 nitrogen and oxygen atoms in total. The molecule has 18 heavy (non-hydrogen) atoms. The summed E-state index contributed by atoms with van der Waals surface area (Å²) in [6.07, 6.45) is 0. The Kier molecular flexibility index (Phi) is 3.53. The van der Waals surface area contributed by atoms with Gasteiger partial charge in [0.2, 0.25) is 0 Å². The Bertz CT molecular complexity index is 599. The van der Waals surface area contributed by atoms with Gasteiger partial charge in [0.1, 0.15) is 0 Å². The summed E-state index contributed by atoms with van der Waals surface area (Å²) in [5, 5.41) is 3.12. The number of hydrogen-bond donors (Lipinski definition) is 3. The van der Waals surface area contributed by atoms with Crippen LogP contribution in [0.2, 0.25) is 0 Å². The first-order valence-electron chi connectivity index (χ1n) is 5.28. The number of halogens is 1. The van der Waals surface area contributed by atoms with Crippen LogP contribution in [0.4, 0.5) is 17.1 Å². The van der Waals surface area contributed by atoms with Gasteiger partial charge >= 0.3 is 0 Å². The number of rotatable bonds is 3. The SMILES string of the molecule is NC(=O)c1cc(Br)ccc1Nc1cccc(N)c1. The highest BCUT2D eigenvalue weighted by molar-refractivity contribution is 9.10. The summed E-state index contributed by atoms with van der Waals surface area (Å²) in [4.78, 5) is 11.4. The van der Waals surface area contributed by atoms with Gasteiger partial charge in [0, 0.05) is 15.8 Å². The van der Waals surface area contributed by atoms with E-state index in [1.54, 1.807) is 24.3 Å². The van der Waals surface area contributed by atoms with E-state index in [9.17, 15) is 4.79 Å². The van der Waals surface area contributed by atoms with Gasteiger partial charge in [-0.3, -0.25) is 4.79 Å². The van der Waals surface area contributed by atoms with Crippen molar-refractivity contribution in [2.24, 2.45) is 5.73 Å². The summed E-state index contributed by atoms with van der Waals surface area (Å²) in [6, 6.07) is 12.6. The average Bonchev–Trinajstić information content (AvgIpc) is 2.31. The maximum Gasteiger partial charge on any atom is 0.250 e. The molecule has 0 fully saturated rings. The monoisotopic (exact) mass is 305 g/mol. The molecule has 2 aromatic carbocycles. The molecule has 0 radical (unpaired) electrons. The Hall–Kier alpha value is -2.01. The highest BCUT2D eigenvalue weighted by Gasteiger charge is 2.09. The number of nitrogens with one attached hydrogen (secondary N) is 1. The van der Waals surface area contributed by atoms with Crippen molar-refractivity contribution in [2.75, 3.05) is 11.1 Å². The van der Waals surface area contributed by atoms with Crippen LogP contribution in [0.15, 0.2) is 46.9 Å². The lowest BCUT2D eigenvalue weighted by Crippen LogP contribution is -2.13. The van der Waals surface area contributed by atoms with Gasteiger partial charge in [0.25, 0.3) is 5.91 Å². The first-order chi connectivity index (χ1) is 8.56. The Morgan fingerprint density at radius 2 is 1.94 bits per heavy atom. The van der Waals surface area contributed by atoms with Crippen molar-refractivity contribution in [3.8, 4) is 0 Å². The third-order valence-corrected chi connectivity index (χ3v) is 2.91. The van der Waals surface area contributed by atoms with E-state index in [-0.39, 0.29) is 0 Å². The fourth-order valence-electron chi connectivity index (χ4n) is 1.60. The predicted molar refractivity (Wildman–Crippen MR) is 76.8 cm³/mol. The van der Waals surface area contributed by atoms with Crippen molar-refractivity contribution < 1.29 is 4.79 Å². The Labute approximate surface area is 113 Å². The number of amides is 1. The molecule has 5 N–H and O–H groups in total. The quantitative estimate of drug-likeness (QED) is 0.763. The number of nitrogens with two attached hydrogens (primary N) is 2. The fraction of sp³-hybridized carbons (Fsp3) is 0. The molecule has 0 heterocycles. The second kappa shape index (κ2) is 5.10. The van der Waals surface area contributed by atoms with E-state index in [0.29, 0.717) is 16.9 Å². The van der Waals surface area contributed by atoms with Crippen LogP contribution in [0.1, 0.15) is 10.4 Å². The molecule has 0 atom stereocenters. The van der Waals surface area contributed by atoms with E-state index in [4.69, 9.17) is 11.5 Å². The number of hydrogen-bond acceptors (Lipinski definition) is 3. The number of carbonyl (C=O) groups excluding carboxylic acids is 1. The lowest BCUT2D eigenvalue weighted by molar-refractivity contribution is 0.100. The number of nitrogen functional groups attached to an aromatic ring is 1. The Morgan fingerprint density at radius 1 is 1.17 bits per heavy atom. The summed E-state index contributed by atoms with van der Waals surface area (Å²) < 4.78 is 0.800. The number of anilines is 3. The summed E-state index contributed by atoms with van der Waals surface area (Å²) in [5.74, 6) is -0.484. The molecule has 0 saturated carbocycles. The van der Waals surface area contributed by atoms with E-state index in [1.165, 1.54) is 0 Å². The third-order valence-electron chi connectivity index (χ3n) is 2.41. The Balaban J connectivity index is 2.37. The summed E-state index contributed by atoms with van der Waals surface area (Å²) >= 11 is 3.31. The zero-order valence-corrected chi connectivity index (χ0v) is 11.1. The largest absolute Gasteiger partial charge is 0.399 e. The van der Waals surface area contributed by atoms with Crippen LogP contribution in [0.5, 0.6) is 0 Å². The number of carbonyl (C=O) groups is 1. The van der Waals surface area contributed by atoms with Crippen LogP contribution >= 0.6 is 15.9 Å². The van der Waals surface area contributed by atoms with Crippen LogP contribution < -0.4 is 16.8 Å². The molecule has 92 valence electrons. The van der Waals surface area contributed by atoms with Crippen molar-refractivity contribution >= 4 is 38.9 Å². The zero-order valence-electron chi connectivity index (χ0n) is 9.48. The van der Waals surface area contributed by atoms with E-state index in [2.05, 4.69) is 21.2 Å². The zero-order chi connectivity index (χ0) is 13.1. The molecular weight excluding hydrogens is 294 g/mol. The van der Waals surface area contributed by atoms with Crippen molar-refractivity contribution in [2.45, 2.75) is 0 Å². The highest BCUT2D eigenvalue weighted by atomic mass is 79.9. The van der Waals surface area contributed by atoms with Crippen molar-refractivity contribution in [3.63, 3.8) is 0 Å². The minimum absolute atomic E-state index is 0.423. The van der Waals surface area contributed by atoms with E-state index in [1.807, 2.05) is 18.2 Å². The first kappa shape index (κ1) is 12.4. The topological polar surface area (TPSA) is 81.1 Å². The van der Waals surface area contributed by atoms with Gasteiger partial charge in [0.15, 0.2) is 0 Å². The van der Waals surface area contributed by atoms with Crippen LogP contribution in [-0.4, -0.2) is 5.91 Å². The molecule has 0 unspecified atom stereocenters. The van der Waals surface area contributed by atoms with Gasteiger partial charge in [-0.05, 0) is 36.4 Å². The molecule has 5 heteroatoms. The van der Waals surface area contributed by atoms with E-state index in [0.717, 1.165) is 10.2 Å². The van der Waals surface area contributed by atoms with Crippen molar-refractivity contribution in [1.29, 1.82) is 0 Å². The molecule has 0 aliphatic rings. The average molecular weight is 306 g/mol. The van der Waals surface area contributed by atoms with Gasteiger partial charge in [-0.2, -0.15) is 0 Å². The fourth-order valence-corrected chi connectivity index (χ4v) is 1.96. The van der Waals surface area contributed by atoms with Gasteiger partial charge < -0.3 is 16.8 Å². The van der Waals surface area contributed by atoms with Crippen LogP contribution in [0.25, 0.3) is 0 Å². The molecule has 0 aliphatic heterocycles. The number of benzene rings is 2. The van der Waals surface area contributed by atoms with Crippen LogP contribution in [0.3, 0.4) is 0 Å². The maximum atomic E-state index is 11.4. The molecule has 0 aliphatic carbocycles. The van der Waals surface area contributed by atoms with Crippen molar-refractivity contribution in [3.05, 3.63) is 52.5 Å². The van der Waals surface area contributed by atoms with Crippen LogP contribution in [-0.2, 0) is 0 Å². The molecule has 1 amide bonds. The number of primary amides is 1. The third kappa shape index (κ3) is 2.81. The Morgan fingerprint density at radius 3 is 2.61 bits per heavy atom. The minimum Gasteiger partial charge on any atom is -0.399 e. The maximum absolute atomic E-state index is 11.4. The molecule has 0 bridgehead atoms. The van der Waals surface area contributed by atoms with Gasteiger partial charge in [-0.15, -0.1) is 0 Å². The van der Waals surface area contributed by atoms with Gasteiger partial charge in [0.05, 0.1) is 11.3 Å². The lowest BCUT2D eigenvalue weighted by Gasteiger charge is -2.11. The van der Waals surface area contributed by atoms with E-state index >= 15 is 0 Å². The van der Waals surface area contributed by atoms with Crippen LogP contribution in [0, 0.1) is 0 Å². The highest BCUT2D eigenvalue weighted by Crippen LogP contribution is 2.25. The lowest BCUT2D eigenvalue weighted by atomic mass is 10.1. The van der Waals surface area contributed by atoms with Gasteiger partial charge in [-0.25, -0.2) is 0 Å². The summed E-state index contributed by atoms with van der Waals surface area (Å²) in [7, 11) is 0. The van der Waals surface area contributed by atoms with E-state index < -0.39 is 5.91 Å². The van der Waals surface area contributed by atoms with Gasteiger partial charge in [-0.1, -0.05) is 22.0 Å². The predicted octanol–water partition coefficient (Wildman–Crippen LogP) is 2.87. The summed E-state index contributed by atoms with van der Waals surface area (Å²) in [5.41, 5.74) is 13.6. The normalized spacial score (nSPS) is 10.1. The molecule has 0 spiro atoms. The molecule has 2 rings (SSSR count). The summed E-state index contributed by atoms with van der Waals surface area (Å²) in [6.45, 7) is 0. The molecular formula is C13H12BrN3O.